The molecule has 0 saturated heterocycles. The van der Waals surface area contributed by atoms with Gasteiger partial charge in [0.1, 0.15) is 4.92 Å². The molecule has 0 radical (unpaired) electrons. The van der Waals surface area contributed by atoms with Gasteiger partial charge >= 0.3 is 11.9 Å². The highest BCUT2D eigenvalue weighted by atomic mass is 16.6. The normalized spacial score (nSPS) is 11.2. The van der Waals surface area contributed by atoms with Gasteiger partial charge in [0.15, 0.2) is 5.76 Å². The lowest BCUT2D eigenvalue weighted by Crippen LogP contribution is -1.85. The zero-order valence-corrected chi connectivity index (χ0v) is 10.7. The number of nitrogens with zero attached hydrogens (tertiary/aromatic N) is 2. The number of hydrogen-bond donors (Lipinski definition) is 1. The molecule has 0 bridgehead atoms. The van der Waals surface area contributed by atoms with Gasteiger partial charge in [0, 0.05) is 6.08 Å². The SMILES string of the molecule is O=C(O)C=Cc1cccc(N=Cc2ccc([N+](=O)[O-])o2)c1. The van der Waals surface area contributed by atoms with Gasteiger partial charge in [-0.15, -0.1) is 0 Å². The fraction of sp³-hybridized carbons (Fsp3) is 0. The van der Waals surface area contributed by atoms with Gasteiger partial charge in [-0.1, -0.05) is 12.1 Å². The first kappa shape index (κ1) is 14.2. The van der Waals surface area contributed by atoms with Crippen LogP contribution in [0.25, 0.3) is 6.08 Å². The Labute approximate surface area is 119 Å². The molecule has 0 unspecified atom stereocenters. The average Bonchev–Trinajstić information content (AvgIpc) is 2.92. The number of carbonyl (C=O) groups is 1. The molecule has 0 aliphatic heterocycles. The van der Waals surface area contributed by atoms with Crippen molar-refractivity contribution in [2.75, 3.05) is 0 Å². The molecule has 1 aromatic heterocycles. The smallest absolute Gasteiger partial charge is 0.433 e. The molecule has 1 heterocycles. The zero-order chi connectivity index (χ0) is 15.2. The number of carboxylic acids is 1. The summed E-state index contributed by atoms with van der Waals surface area (Å²) in [6.45, 7) is 0. The van der Waals surface area contributed by atoms with Crippen LogP contribution in [0.3, 0.4) is 0 Å². The van der Waals surface area contributed by atoms with Crippen molar-refractivity contribution in [3.63, 3.8) is 0 Å². The maximum Gasteiger partial charge on any atom is 0.433 e. The predicted octanol–water partition coefficient (Wildman–Crippen LogP) is 3.04. The summed E-state index contributed by atoms with van der Waals surface area (Å²) in [4.78, 5) is 24.4. The number of carboxylic acid groups (broad SMARTS) is 1. The Hall–Kier alpha value is -3.22. The third kappa shape index (κ3) is 4.13. The van der Waals surface area contributed by atoms with Crippen LogP contribution in [-0.4, -0.2) is 22.2 Å². The Morgan fingerprint density at radius 2 is 2.14 bits per heavy atom. The highest BCUT2D eigenvalue weighted by Crippen LogP contribution is 2.17. The molecule has 0 atom stereocenters. The fourth-order valence-corrected chi connectivity index (χ4v) is 1.52. The molecule has 106 valence electrons. The summed E-state index contributed by atoms with van der Waals surface area (Å²) in [6.07, 6.45) is 3.82. The van der Waals surface area contributed by atoms with E-state index < -0.39 is 10.9 Å². The van der Waals surface area contributed by atoms with Crippen LogP contribution in [0.15, 0.2) is 51.9 Å². The van der Waals surface area contributed by atoms with E-state index in [0.717, 1.165) is 6.08 Å². The second-order valence-corrected chi connectivity index (χ2v) is 3.96. The van der Waals surface area contributed by atoms with Crippen molar-refractivity contribution >= 4 is 29.8 Å². The first-order valence-corrected chi connectivity index (χ1v) is 5.84. The minimum absolute atomic E-state index is 0.258. The summed E-state index contributed by atoms with van der Waals surface area (Å²) in [5, 5.41) is 19.0. The van der Waals surface area contributed by atoms with Gasteiger partial charge in [0.05, 0.1) is 18.0 Å². The molecule has 1 N–H and O–H groups in total. The topological polar surface area (TPSA) is 106 Å². The maximum absolute atomic E-state index is 10.5. The molecule has 0 aliphatic rings. The third-order valence-electron chi connectivity index (χ3n) is 2.42. The molecule has 2 aromatic rings. The Morgan fingerprint density at radius 1 is 1.33 bits per heavy atom. The average molecular weight is 286 g/mol. The monoisotopic (exact) mass is 286 g/mol. The van der Waals surface area contributed by atoms with Crippen LogP contribution in [0.1, 0.15) is 11.3 Å². The van der Waals surface area contributed by atoms with Crippen molar-refractivity contribution < 1.29 is 19.2 Å². The second-order valence-electron chi connectivity index (χ2n) is 3.96. The maximum atomic E-state index is 10.5. The van der Waals surface area contributed by atoms with E-state index in [0.29, 0.717) is 11.3 Å². The van der Waals surface area contributed by atoms with Gasteiger partial charge < -0.3 is 9.52 Å². The lowest BCUT2D eigenvalue weighted by atomic mass is 10.2. The molecule has 1 aromatic carbocycles. The van der Waals surface area contributed by atoms with E-state index in [1.54, 1.807) is 24.3 Å². The van der Waals surface area contributed by atoms with Crippen LogP contribution in [0.4, 0.5) is 11.6 Å². The zero-order valence-electron chi connectivity index (χ0n) is 10.7. The third-order valence-corrected chi connectivity index (χ3v) is 2.42. The van der Waals surface area contributed by atoms with Crippen LogP contribution in [-0.2, 0) is 4.79 Å². The predicted molar refractivity (Wildman–Crippen MR) is 75.7 cm³/mol. The molecule has 0 amide bonds. The number of benzene rings is 1. The van der Waals surface area contributed by atoms with Crippen molar-refractivity contribution in [2.24, 2.45) is 4.99 Å². The highest BCUT2D eigenvalue weighted by molar-refractivity contribution is 5.85. The first-order chi connectivity index (χ1) is 10.0. The Kier molecular flexibility index (Phi) is 4.25. The van der Waals surface area contributed by atoms with Gasteiger partial charge in [-0.25, -0.2) is 4.79 Å². The molecule has 0 aliphatic carbocycles. The van der Waals surface area contributed by atoms with Crippen molar-refractivity contribution in [3.05, 3.63) is 63.9 Å². The summed E-state index contributed by atoms with van der Waals surface area (Å²) in [5.74, 6) is -1.13. The van der Waals surface area contributed by atoms with E-state index in [9.17, 15) is 14.9 Å². The summed E-state index contributed by atoms with van der Waals surface area (Å²) < 4.78 is 4.94. The van der Waals surface area contributed by atoms with E-state index in [4.69, 9.17) is 9.52 Å². The first-order valence-electron chi connectivity index (χ1n) is 5.84. The van der Waals surface area contributed by atoms with Gasteiger partial charge in [0.25, 0.3) is 0 Å². The van der Waals surface area contributed by atoms with Crippen molar-refractivity contribution in [3.8, 4) is 0 Å². The van der Waals surface area contributed by atoms with Crippen LogP contribution in [0, 0.1) is 10.1 Å². The number of hydrogen-bond acceptors (Lipinski definition) is 5. The van der Waals surface area contributed by atoms with E-state index in [-0.39, 0.29) is 11.6 Å². The molecule has 0 saturated carbocycles. The van der Waals surface area contributed by atoms with E-state index in [1.165, 1.54) is 24.4 Å². The van der Waals surface area contributed by atoms with Gasteiger partial charge in [-0.05, 0) is 29.8 Å². The number of furan rings is 1. The van der Waals surface area contributed by atoms with Crippen molar-refractivity contribution in [1.82, 2.24) is 0 Å². The van der Waals surface area contributed by atoms with Crippen molar-refractivity contribution in [2.45, 2.75) is 0 Å². The standard InChI is InChI=1S/C14H10N2O5/c17-14(18)7-4-10-2-1-3-11(8-10)15-9-12-5-6-13(21-12)16(19)20/h1-9H,(H,17,18). The Balaban J connectivity index is 2.14. The second kappa shape index (κ2) is 6.29. The Morgan fingerprint density at radius 3 is 2.81 bits per heavy atom. The molecule has 7 nitrogen and oxygen atoms in total. The van der Waals surface area contributed by atoms with E-state index in [2.05, 4.69) is 4.99 Å². The van der Waals surface area contributed by atoms with E-state index >= 15 is 0 Å². The fourth-order valence-electron chi connectivity index (χ4n) is 1.52. The Bertz CT molecular complexity index is 730. The van der Waals surface area contributed by atoms with Crippen LogP contribution in [0.2, 0.25) is 0 Å². The molecule has 21 heavy (non-hydrogen) atoms. The highest BCUT2D eigenvalue weighted by Gasteiger charge is 2.10. The van der Waals surface area contributed by atoms with Gasteiger partial charge in [0.2, 0.25) is 0 Å². The quantitative estimate of drug-likeness (QED) is 0.393. The molecule has 2 rings (SSSR count). The van der Waals surface area contributed by atoms with E-state index in [1.807, 2.05) is 0 Å². The largest absolute Gasteiger partial charge is 0.478 e. The summed E-state index contributed by atoms with van der Waals surface area (Å²) in [5.41, 5.74) is 1.25. The number of rotatable bonds is 5. The minimum Gasteiger partial charge on any atom is -0.478 e. The molecule has 0 fully saturated rings. The summed E-state index contributed by atoms with van der Waals surface area (Å²) >= 11 is 0. The number of aliphatic carboxylic acids is 1. The number of aliphatic imine (C=N–C) groups is 1. The lowest BCUT2D eigenvalue weighted by Gasteiger charge is -1.95. The van der Waals surface area contributed by atoms with Crippen molar-refractivity contribution in [1.29, 1.82) is 0 Å². The molecule has 7 heteroatoms. The lowest BCUT2D eigenvalue weighted by molar-refractivity contribution is -0.402. The van der Waals surface area contributed by atoms with Crippen LogP contribution >= 0.6 is 0 Å². The molecule has 0 spiro atoms. The molecular weight excluding hydrogens is 276 g/mol. The number of nitro groups is 1. The summed E-state index contributed by atoms with van der Waals surface area (Å²) in [7, 11) is 0. The summed E-state index contributed by atoms with van der Waals surface area (Å²) in [6, 6.07) is 9.53. The van der Waals surface area contributed by atoms with Gasteiger partial charge in [-0.3, -0.25) is 15.1 Å². The van der Waals surface area contributed by atoms with Gasteiger partial charge in [-0.2, -0.15) is 0 Å². The van der Waals surface area contributed by atoms with Crippen LogP contribution in [0.5, 0.6) is 0 Å². The molecular formula is C14H10N2O5. The minimum atomic E-state index is -1.04. The van der Waals surface area contributed by atoms with Crippen LogP contribution < -0.4 is 0 Å².